The summed E-state index contributed by atoms with van der Waals surface area (Å²) in [6.45, 7) is 0. The van der Waals surface area contributed by atoms with Crippen LogP contribution >= 0.6 is 11.6 Å². The van der Waals surface area contributed by atoms with E-state index in [1.807, 2.05) is 24.3 Å². The fourth-order valence-corrected chi connectivity index (χ4v) is 1.73. The first-order valence-corrected chi connectivity index (χ1v) is 5.33. The van der Waals surface area contributed by atoms with Gasteiger partial charge in [0, 0.05) is 12.4 Å². The van der Waals surface area contributed by atoms with E-state index in [2.05, 4.69) is 10.3 Å². The summed E-state index contributed by atoms with van der Waals surface area (Å²) in [5.74, 6) is -0.0566. The third-order valence-corrected chi connectivity index (χ3v) is 2.65. The summed E-state index contributed by atoms with van der Waals surface area (Å²) in [5.41, 5.74) is 1.46. The van der Waals surface area contributed by atoms with Crippen LogP contribution in [0.2, 0.25) is 5.02 Å². The van der Waals surface area contributed by atoms with Gasteiger partial charge in [0.1, 0.15) is 0 Å². The minimum atomic E-state index is -0.0566. The molecule has 1 aromatic heterocycles. The van der Waals surface area contributed by atoms with Crippen LogP contribution in [0.5, 0.6) is 0 Å². The molecule has 2 aromatic rings. The molecule has 0 atom stereocenters. The second kappa shape index (κ2) is 4.49. The predicted octanol–water partition coefficient (Wildman–Crippen LogP) is 2.18. The number of benzene rings is 1. The Kier molecular flexibility index (Phi) is 3.06. The van der Waals surface area contributed by atoms with Crippen LogP contribution < -0.4 is 5.32 Å². The molecule has 82 valence electrons. The second-order valence-electron chi connectivity index (χ2n) is 3.46. The van der Waals surface area contributed by atoms with Gasteiger partial charge < -0.3 is 5.32 Å². The fraction of sp³-hybridized carbons (Fsp3) is 0.167. The number of fused-ring (bicyclic) bond motifs is 1. The van der Waals surface area contributed by atoms with Crippen LogP contribution in [-0.2, 0) is 11.2 Å². The number of pyridine rings is 1. The molecule has 0 saturated carbocycles. The smallest absolute Gasteiger partial charge is 0.225 e. The summed E-state index contributed by atoms with van der Waals surface area (Å²) in [5, 5.41) is 4.15. The summed E-state index contributed by atoms with van der Waals surface area (Å²) in [6, 6.07) is 9.38. The lowest BCUT2D eigenvalue weighted by Gasteiger charge is -2.03. The second-order valence-corrected chi connectivity index (χ2v) is 3.87. The van der Waals surface area contributed by atoms with Gasteiger partial charge in [-0.15, -0.1) is 0 Å². The first-order valence-electron chi connectivity index (χ1n) is 4.95. The highest BCUT2D eigenvalue weighted by atomic mass is 35.5. The summed E-state index contributed by atoms with van der Waals surface area (Å²) in [7, 11) is 1.61. The topological polar surface area (TPSA) is 42.0 Å². The van der Waals surface area contributed by atoms with Crippen LogP contribution in [0.15, 0.2) is 30.3 Å². The molecule has 1 amide bonds. The van der Waals surface area contributed by atoms with E-state index in [9.17, 15) is 4.79 Å². The molecular weight excluding hydrogens is 224 g/mol. The molecule has 2 rings (SSSR count). The Balaban J connectivity index is 2.43. The molecule has 0 aliphatic carbocycles. The maximum absolute atomic E-state index is 11.2. The van der Waals surface area contributed by atoms with Crippen molar-refractivity contribution >= 4 is 28.4 Å². The molecular formula is C12H11ClN2O. The van der Waals surface area contributed by atoms with Crippen LogP contribution in [-0.4, -0.2) is 17.9 Å². The molecule has 0 saturated heterocycles. The molecule has 1 N–H and O–H groups in total. The van der Waals surface area contributed by atoms with Crippen LogP contribution in [0.4, 0.5) is 0 Å². The van der Waals surface area contributed by atoms with E-state index in [-0.39, 0.29) is 12.3 Å². The summed E-state index contributed by atoms with van der Waals surface area (Å²) in [6.07, 6.45) is 0.275. The average Bonchev–Trinajstić information content (AvgIpc) is 2.30. The maximum Gasteiger partial charge on any atom is 0.225 e. The summed E-state index contributed by atoms with van der Waals surface area (Å²) in [4.78, 5) is 15.6. The van der Waals surface area contributed by atoms with Crippen LogP contribution in [0.25, 0.3) is 10.9 Å². The number of carbonyl (C=O) groups excluding carboxylic acids is 1. The molecule has 0 fully saturated rings. The zero-order valence-corrected chi connectivity index (χ0v) is 9.58. The minimum absolute atomic E-state index is 0.0566. The molecule has 0 radical (unpaired) electrons. The predicted molar refractivity (Wildman–Crippen MR) is 64.5 cm³/mol. The lowest BCUT2D eigenvalue weighted by molar-refractivity contribution is -0.120. The van der Waals surface area contributed by atoms with E-state index in [0.717, 1.165) is 16.6 Å². The van der Waals surface area contributed by atoms with Gasteiger partial charge in [-0.2, -0.15) is 0 Å². The van der Waals surface area contributed by atoms with Crippen molar-refractivity contribution in [3.63, 3.8) is 0 Å². The number of para-hydroxylation sites is 1. The Morgan fingerprint density at radius 1 is 1.38 bits per heavy atom. The molecule has 0 spiro atoms. The highest BCUT2D eigenvalue weighted by Crippen LogP contribution is 2.21. The van der Waals surface area contributed by atoms with Crippen molar-refractivity contribution in [3.05, 3.63) is 41.0 Å². The van der Waals surface area contributed by atoms with Crippen molar-refractivity contribution in [2.75, 3.05) is 7.05 Å². The van der Waals surface area contributed by atoms with Gasteiger partial charge in [0.2, 0.25) is 5.91 Å². The zero-order chi connectivity index (χ0) is 11.5. The zero-order valence-electron chi connectivity index (χ0n) is 8.83. The van der Waals surface area contributed by atoms with E-state index in [1.165, 1.54) is 0 Å². The van der Waals surface area contributed by atoms with Gasteiger partial charge >= 0.3 is 0 Å². The maximum atomic E-state index is 11.2. The molecule has 3 nitrogen and oxygen atoms in total. The Labute approximate surface area is 98.4 Å². The standard InChI is InChI=1S/C12H11ClN2O/c1-14-11(16)7-9-6-5-8-3-2-4-10(13)12(8)15-9/h2-6H,7H2,1H3,(H,14,16). The Hall–Kier alpha value is -1.61. The highest BCUT2D eigenvalue weighted by molar-refractivity contribution is 6.35. The number of likely N-dealkylation sites (N-methyl/N-ethyl adjacent to an activating group) is 1. The third-order valence-electron chi connectivity index (χ3n) is 2.35. The van der Waals surface area contributed by atoms with E-state index in [0.29, 0.717) is 5.02 Å². The van der Waals surface area contributed by atoms with Crippen LogP contribution in [0.1, 0.15) is 5.69 Å². The highest BCUT2D eigenvalue weighted by Gasteiger charge is 2.05. The Morgan fingerprint density at radius 3 is 2.94 bits per heavy atom. The third kappa shape index (κ3) is 2.14. The number of amides is 1. The van der Waals surface area contributed by atoms with Gasteiger partial charge in [0.25, 0.3) is 0 Å². The van der Waals surface area contributed by atoms with Crippen molar-refractivity contribution < 1.29 is 4.79 Å². The number of nitrogens with zero attached hydrogens (tertiary/aromatic N) is 1. The van der Waals surface area contributed by atoms with Gasteiger partial charge in [-0.1, -0.05) is 29.8 Å². The molecule has 0 aliphatic rings. The average molecular weight is 235 g/mol. The van der Waals surface area contributed by atoms with Crippen molar-refractivity contribution in [3.8, 4) is 0 Å². The molecule has 16 heavy (non-hydrogen) atoms. The summed E-state index contributed by atoms with van der Waals surface area (Å²) < 4.78 is 0. The number of aromatic nitrogens is 1. The van der Waals surface area contributed by atoms with Crippen molar-refractivity contribution in [2.24, 2.45) is 0 Å². The molecule has 4 heteroatoms. The number of hydrogen-bond acceptors (Lipinski definition) is 2. The fourth-order valence-electron chi connectivity index (χ4n) is 1.50. The molecule has 0 unspecified atom stereocenters. The number of halogens is 1. The molecule has 0 bridgehead atoms. The minimum Gasteiger partial charge on any atom is -0.359 e. The number of hydrogen-bond donors (Lipinski definition) is 1. The normalized spacial score (nSPS) is 10.4. The van der Waals surface area contributed by atoms with Gasteiger partial charge in [-0.05, 0) is 12.1 Å². The largest absolute Gasteiger partial charge is 0.359 e. The molecule has 0 aliphatic heterocycles. The number of nitrogens with one attached hydrogen (secondary N) is 1. The number of carbonyl (C=O) groups is 1. The first kappa shape index (κ1) is 10.9. The van der Waals surface area contributed by atoms with Gasteiger partial charge in [0.05, 0.1) is 22.7 Å². The Bertz CT molecular complexity index is 540. The Morgan fingerprint density at radius 2 is 2.19 bits per heavy atom. The molecule has 1 aromatic carbocycles. The van der Waals surface area contributed by atoms with Crippen LogP contribution in [0.3, 0.4) is 0 Å². The lowest BCUT2D eigenvalue weighted by Crippen LogP contribution is -2.20. The van der Waals surface area contributed by atoms with Crippen molar-refractivity contribution in [1.29, 1.82) is 0 Å². The quantitative estimate of drug-likeness (QED) is 0.866. The SMILES string of the molecule is CNC(=O)Cc1ccc2cccc(Cl)c2n1. The van der Waals surface area contributed by atoms with Crippen LogP contribution in [0, 0.1) is 0 Å². The molecule has 1 heterocycles. The van der Waals surface area contributed by atoms with E-state index in [1.54, 1.807) is 13.1 Å². The van der Waals surface area contributed by atoms with Gasteiger partial charge in [-0.3, -0.25) is 9.78 Å². The number of rotatable bonds is 2. The van der Waals surface area contributed by atoms with E-state index in [4.69, 9.17) is 11.6 Å². The van der Waals surface area contributed by atoms with E-state index >= 15 is 0 Å². The van der Waals surface area contributed by atoms with Crippen molar-refractivity contribution in [1.82, 2.24) is 10.3 Å². The summed E-state index contributed by atoms with van der Waals surface area (Å²) >= 11 is 6.04. The lowest BCUT2D eigenvalue weighted by atomic mass is 10.2. The van der Waals surface area contributed by atoms with Crippen molar-refractivity contribution in [2.45, 2.75) is 6.42 Å². The first-order chi connectivity index (χ1) is 7.70. The van der Waals surface area contributed by atoms with E-state index < -0.39 is 0 Å². The monoisotopic (exact) mass is 234 g/mol. The van der Waals surface area contributed by atoms with Gasteiger partial charge in [0.15, 0.2) is 0 Å². The van der Waals surface area contributed by atoms with Gasteiger partial charge in [-0.25, -0.2) is 0 Å².